The van der Waals surface area contributed by atoms with E-state index in [-0.39, 0.29) is 34.1 Å². The standard InChI is InChI=1S/C14H13N3O8S3/c1-7-13(19)9(5-18)10(6-26)14(15-7)17-16-11-4-8(27(20,21)22)2-3-12(11)28(23,24)25/h2-5,19,26H,6H2,1H3,(H,20,21,22)(H,23,24,25). The maximum Gasteiger partial charge on any atom is 0.296 e. The molecule has 0 saturated carbocycles. The van der Waals surface area contributed by atoms with E-state index in [1.165, 1.54) is 6.92 Å². The Hall–Kier alpha value is -2.39. The molecule has 0 radical (unpaired) electrons. The zero-order valence-corrected chi connectivity index (χ0v) is 16.5. The molecule has 0 aliphatic heterocycles. The molecule has 1 heterocycles. The summed E-state index contributed by atoms with van der Waals surface area (Å²) in [5.41, 5.74) is -0.631. The molecule has 1 aromatic heterocycles. The van der Waals surface area contributed by atoms with Gasteiger partial charge in [-0.3, -0.25) is 13.9 Å². The monoisotopic (exact) mass is 447 g/mol. The summed E-state index contributed by atoms with van der Waals surface area (Å²) in [5, 5.41) is 17.2. The molecule has 2 aromatic rings. The summed E-state index contributed by atoms with van der Waals surface area (Å²) in [4.78, 5) is 13.7. The van der Waals surface area contributed by atoms with Crippen molar-refractivity contribution in [1.29, 1.82) is 0 Å². The minimum Gasteiger partial charge on any atom is -0.505 e. The summed E-state index contributed by atoms with van der Waals surface area (Å²) >= 11 is 4.03. The van der Waals surface area contributed by atoms with E-state index < -0.39 is 35.7 Å². The topological polar surface area (TPSA) is 184 Å². The smallest absolute Gasteiger partial charge is 0.296 e. The molecule has 0 aliphatic rings. The van der Waals surface area contributed by atoms with Gasteiger partial charge < -0.3 is 5.11 Å². The lowest BCUT2D eigenvalue weighted by atomic mass is 10.1. The fourth-order valence-electron chi connectivity index (χ4n) is 2.16. The minimum atomic E-state index is -4.81. The van der Waals surface area contributed by atoms with Crippen LogP contribution in [0.2, 0.25) is 0 Å². The maximum absolute atomic E-state index is 11.5. The van der Waals surface area contributed by atoms with Crippen molar-refractivity contribution in [3.8, 4) is 5.75 Å². The van der Waals surface area contributed by atoms with E-state index in [0.717, 1.165) is 12.1 Å². The lowest BCUT2D eigenvalue weighted by molar-refractivity contribution is 0.112. The first-order chi connectivity index (χ1) is 12.9. The van der Waals surface area contributed by atoms with Crippen LogP contribution >= 0.6 is 12.6 Å². The Balaban J connectivity index is 2.73. The number of aromatic nitrogens is 1. The van der Waals surface area contributed by atoms with Gasteiger partial charge >= 0.3 is 0 Å². The molecular formula is C14H13N3O8S3. The molecule has 0 aliphatic carbocycles. The molecule has 0 fully saturated rings. The molecule has 2 rings (SSSR count). The van der Waals surface area contributed by atoms with E-state index in [1.807, 2.05) is 0 Å². The average molecular weight is 447 g/mol. The molecular weight excluding hydrogens is 434 g/mol. The number of hydrogen-bond acceptors (Lipinski definition) is 10. The Bertz CT molecular complexity index is 1190. The normalized spacial score (nSPS) is 12.4. The van der Waals surface area contributed by atoms with Crippen molar-refractivity contribution in [3.05, 3.63) is 35.0 Å². The van der Waals surface area contributed by atoms with Crippen molar-refractivity contribution >= 4 is 50.7 Å². The molecule has 14 heteroatoms. The third-order valence-electron chi connectivity index (χ3n) is 3.50. The van der Waals surface area contributed by atoms with Gasteiger partial charge in [0.25, 0.3) is 20.2 Å². The highest BCUT2D eigenvalue weighted by atomic mass is 32.2. The van der Waals surface area contributed by atoms with E-state index in [9.17, 15) is 31.3 Å². The van der Waals surface area contributed by atoms with E-state index in [1.54, 1.807) is 0 Å². The Labute approximate surface area is 165 Å². The van der Waals surface area contributed by atoms with Crippen LogP contribution in [0.15, 0.2) is 38.2 Å². The summed E-state index contributed by atoms with van der Waals surface area (Å²) in [6.45, 7) is 1.38. The van der Waals surface area contributed by atoms with Gasteiger partial charge in [-0.1, -0.05) is 0 Å². The van der Waals surface area contributed by atoms with Gasteiger partial charge in [-0.15, -0.1) is 10.2 Å². The number of nitrogens with zero attached hydrogens (tertiary/aromatic N) is 3. The number of carbonyl (C=O) groups excluding carboxylic acids is 1. The van der Waals surface area contributed by atoms with Crippen molar-refractivity contribution in [1.82, 2.24) is 4.98 Å². The SMILES string of the molecule is Cc1nc(N=Nc2cc(S(=O)(=O)O)ccc2S(=O)(=O)O)c(CS)c(C=O)c1O. The van der Waals surface area contributed by atoms with E-state index in [4.69, 9.17) is 4.55 Å². The number of rotatable bonds is 6. The van der Waals surface area contributed by atoms with Crippen LogP contribution in [0.5, 0.6) is 5.75 Å². The van der Waals surface area contributed by atoms with Gasteiger partial charge in [-0.05, 0) is 25.1 Å². The minimum absolute atomic E-state index is 0.0308. The summed E-state index contributed by atoms with van der Waals surface area (Å²) in [7, 11) is -9.50. The van der Waals surface area contributed by atoms with Crippen molar-refractivity contribution < 1.29 is 35.8 Å². The summed E-state index contributed by atoms with van der Waals surface area (Å²) in [5.74, 6) is -0.657. The predicted molar refractivity (Wildman–Crippen MR) is 99.0 cm³/mol. The van der Waals surface area contributed by atoms with Crippen molar-refractivity contribution in [2.75, 3.05) is 0 Å². The Morgan fingerprint density at radius 2 is 1.79 bits per heavy atom. The highest BCUT2D eigenvalue weighted by molar-refractivity contribution is 7.86. The molecule has 0 unspecified atom stereocenters. The number of aryl methyl sites for hydroxylation is 1. The van der Waals surface area contributed by atoms with Crippen LogP contribution < -0.4 is 0 Å². The number of carbonyl (C=O) groups is 1. The predicted octanol–water partition coefficient (Wildman–Crippen LogP) is 2.25. The molecule has 0 bridgehead atoms. The van der Waals surface area contributed by atoms with Crippen LogP contribution in [0, 0.1) is 6.92 Å². The number of aldehydes is 1. The first-order valence-corrected chi connectivity index (χ1v) is 10.7. The van der Waals surface area contributed by atoms with Gasteiger partial charge in [0.2, 0.25) is 0 Å². The van der Waals surface area contributed by atoms with Crippen LogP contribution in [-0.4, -0.2) is 42.3 Å². The largest absolute Gasteiger partial charge is 0.505 e. The summed E-state index contributed by atoms with van der Waals surface area (Å²) in [6.07, 6.45) is 0.358. The zero-order chi connectivity index (χ0) is 21.3. The maximum atomic E-state index is 11.5. The highest BCUT2D eigenvalue weighted by Crippen LogP contribution is 2.33. The number of pyridine rings is 1. The second-order valence-corrected chi connectivity index (χ2v) is 8.45. The van der Waals surface area contributed by atoms with Crippen LogP contribution in [0.4, 0.5) is 11.5 Å². The molecule has 0 amide bonds. The van der Waals surface area contributed by atoms with Crippen LogP contribution in [0.3, 0.4) is 0 Å². The van der Waals surface area contributed by atoms with Gasteiger partial charge in [0.1, 0.15) is 16.3 Å². The van der Waals surface area contributed by atoms with Crippen LogP contribution in [-0.2, 0) is 26.0 Å². The number of benzene rings is 1. The third-order valence-corrected chi connectivity index (χ3v) is 5.57. The summed E-state index contributed by atoms with van der Waals surface area (Å²) in [6, 6.07) is 2.15. The molecule has 1 aromatic carbocycles. The number of aromatic hydroxyl groups is 1. The fraction of sp³-hybridized carbons (Fsp3) is 0.143. The van der Waals surface area contributed by atoms with Crippen molar-refractivity contribution in [2.24, 2.45) is 10.2 Å². The fourth-order valence-corrected chi connectivity index (χ4v) is 3.57. The molecule has 0 saturated heterocycles. The average Bonchev–Trinajstić information content (AvgIpc) is 2.60. The molecule has 150 valence electrons. The Morgan fingerprint density at radius 1 is 1.14 bits per heavy atom. The van der Waals surface area contributed by atoms with Gasteiger partial charge in [0.15, 0.2) is 12.1 Å². The third kappa shape index (κ3) is 4.53. The molecule has 3 N–H and O–H groups in total. The molecule has 0 spiro atoms. The van der Waals surface area contributed by atoms with E-state index >= 15 is 0 Å². The van der Waals surface area contributed by atoms with Gasteiger partial charge in [-0.25, -0.2) is 4.98 Å². The van der Waals surface area contributed by atoms with E-state index in [2.05, 4.69) is 27.8 Å². The van der Waals surface area contributed by atoms with E-state index in [0.29, 0.717) is 12.4 Å². The zero-order valence-electron chi connectivity index (χ0n) is 14.0. The van der Waals surface area contributed by atoms with Crippen molar-refractivity contribution in [3.63, 3.8) is 0 Å². The first kappa shape index (κ1) is 21.9. The number of thiol groups is 1. The highest BCUT2D eigenvalue weighted by Gasteiger charge is 2.21. The lowest BCUT2D eigenvalue weighted by Gasteiger charge is -2.09. The Kier molecular flexibility index (Phi) is 6.20. The number of hydrogen-bond donors (Lipinski definition) is 4. The summed E-state index contributed by atoms with van der Waals surface area (Å²) < 4.78 is 63.9. The van der Waals surface area contributed by atoms with Gasteiger partial charge in [-0.2, -0.15) is 29.5 Å². The quantitative estimate of drug-likeness (QED) is 0.223. The Morgan fingerprint density at radius 3 is 2.29 bits per heavy atom. The molecule has 28 heavy (non-hydrogen) atoms. The first-order valence-electron chi connectivity index (χ1n) is 7.19. The second-order valence-electron chi connectivity index (χ2n) is 5.32. The lowest BCUT2D eigenvalue weighted by Crippen LogP contribution is -2.02. The second kappa shape index (κ2) is 7.92. The van der Waals surface area contributed by atoms with Crippen LogP contribution in [0.1, 0.15) is 21.6 Å². The number of azo groups is 1. The van der Waals surface area contributed by atoms with Gasteiger partial charge in [0, 0.05) is 11.3 Å². The van der Waals surface area contributed by atoms with Crippen molar-refractivity contribution in [2.45, 2.75) is 22.5 Å². The van der Waals surface area contributed by atoms with Gasteiger partial charge in [0.05, 0.1) is 16.2 Å². The molecule has 0 atom stereocenters. The van der Waals surface area contributed by atoms with Crippen LogP contribution in [0.25, 0.3) is 0 Å². The molecule has 11 nitrogen and oxygen atoms in total.